The summed E-state index contributed by atoms with van der Waals surface area (Å²) < 4.78 is 42.3. The summed E-state index contributed by atoms with van der Waals surface area (Å²) in [5, 5.41) is 2.46. The Morgan fingerprint density at radius 2 is 2.11 bits per heavy atom. The summed E-state index contributed by atoms with van der Waals surface area (Å²) >= 11 is 2.81. The van der Waals surface area contributed by atoms with Gasteiger partial charge < -0.3 is 10.1 Å². The fourth-order valence-electron chi connectivity index (χ4n) is 1.29. The van der Waals surface area contributed by atoms with E-state index in [1.165, 1.54) is 19.2 Å². The minimum absolute atomic E-state index is 0.0547. The summed E-state index contributed by atoms with van der Waals surface area (Å²) in [6.45, 7) is 0.528. The lowest BCUT2D eigenvalue weighted by atomic mass is 10.1. The molecule has 0 bridgehead atoms. The van der Waals surface area contributed by atoms with Gasteiger partial charge in [0.05, 0.1) is 17.7 Å². The summed E-state index contributed by atoms with van der Waals surface area (Å²) in [6, 6.07) is 3.43. The third-order valence-corrected chi connectivity index (χ3v) is 2.99. The highest BCUT2D eigenvalue weighted by atomic mass is 79.9. The van der Waals surface area contributed by atoms with Crippen molar-refractivity contribution in [1.29, 1.82) is 0 Å². The van der Waals surface area contributed by atoms with Gasteiger partial charge in [-0.05, 0) is 28.1 Å². The monoisotopic (exact) mass is 325 g/mol. The largest absolute Gasteiger partial charge is 0.417 e. The van der Waals surface area contributed by atoms with Gasteiger partial charge in [-0.2, -0.15) is 13.2 Å². The number of alkyl halides is 3. The highest BCUT2D eigenvalue weighted by Crippen LogP contribution is 2.36. The predicted octanol–water partition coefficient (Wildman–Crippen LogP) is 2.84. The van der Waals surface area contributed by atoms with Gasteiger partial charge in [-0.15, -0.1) is 0 Å². The van der Waals surface area contributed by atoms with E-state index in [1.807, 2.05) is 0 Å². The molecule has 0 spiro atoms. The molecule has 7 heteroatoms. The first kappa shape index (κ1) is 15.0. The summed E-state index contributed by atoms with van der Waals surface area (Å²) in [4.78, 5) is 11.7. The molecule has 0 saturated heterocycles. The Balaban J connectivity index is 2.93. The van der Waals surface area contributed by atoms with Gasteiger partial charge in [0.25, 0.3) is 5.91 Å². The number of carbonyl (C=O) groups is 1. The number of methoxy groups -OCH3 is 1. The van der Waals surface area contributed by atoms with Crippen molar-refractivity contribution < 1.29 is 22.7 Å². The SMILES string of the molecule is COCCNC(=O)c1cccc(C(F)(F)F)c1Br. The first-order valence-corrected chi connectivity index (χ1v) is 5.80. The van der Waals surface area contributed by atoms with Gasteiger partial charge in [0.15, 0.2) is 0 Å². The average Bonchev–Trinajstić information content (AvgIpc) is 2.28. The topological polar surface area (TPSA) is 38.3 Å². The lowest BCUT2D eigenvalue weighted by molar-refractivity contribution is -0.138. The number of hydrogen-bond donors (Lipinski definition) is 1. The molecule has 1 aromatic rings. The zero-order chi connectivity index (χ0) is 13.8. The quantitative estimate of drug-likeness (QED) is 0.864. The van der Waals surface area contributed by atoms with E-state index in [-0.39, 0.29) is 16.6 Å². The van der Waals surface area contributed by atoms with Crippen LogP contribution in [0.4, 0.5) is 13.2 Å². The van der Waals surface area contributed by atoms with E-state index in [1.54, 1.807) is 0 Å². The molecule has 0 aliphatic heterocycles. The van der Waals surface area contributed by atoms with Gasteiger partial charge in [0.2, 0.25) is 0 Å². The number of carbonyl (C=O) groups excluding carboxylic acids is 1. The maximum absolute atomic E-state index is 12.6. The molecule has 1 amide bonds. The fourth-order valence-corrected chi connectivity index (χ4v) is 1.96. The first-order valence-electron chi connectivity index (χ1n) is 5.00. The van der Waals surface area contributed by atoms with Crippen molar-refractivity contribution in [2.45, 2.75) is 6.18 Å². The highest BCUT2D eigenvalue weighted by molar-refractivity contribution is 9.10. The highest BCUT2D eigenvalue weighted by Gasteiger charge is 2.34. The fraction of sp³-hybridized carbons (Fsp3) is 0.364. The summed E-state index contributed by atoms with van der Waals surface area (Å²) in [6.07, 6.45) is -4.50. The molecule has 0 aliphatic rings. The molecule has 0 saturated carbocycles. The Morgan fingerprint density at radius 1 is 1.44 bits per heavy atom. The van der Waals surface area contributed by atoms with Crippen molar-refractivity contribution in [3.05, 3.63) is 33.8 Å². The van der Waals surface area contributed by atoms with E-state index >= 15 is 0 Å². The first-order chi connectivity index (χ1) is 8.38. The van der Waals surface area contributed by atoms with Gasteiger partial charge in [-0.25, -0.2) is 0 Å². The van der Waals surface area contributed by atoms with E-state index in [0.717, 1.165) is 6.07 Å². The predicted molar refractivity (Wildman–Crippen MR) is 63.4 cm³/mol. The number of rotatable bonds is 4. The van der Waals surface area contributed by atoms with E-state index in [0.29, 0.717) is 6.61 Å². The lowest BCUT2D eigenvalue weighted by Crippen LogP contribution is -2.27. The van der Waals surface area contributed by atoms with Crippen molar-refractivity contribution >= 4 is 21.8 Å². The van der Waals surface area contributed by atoms with Gasteiger partial charge in [0.1, 0.15) is 0 Å². The minimum Gasteiger partial charge on any atom is -0.383 e. The van der Waals surface area contributed by atoms with Crippen LogP contribution in [0.2, 0.25) is 0 Å². The molecule has 0 aliphatic carbocycles. The van der Waals surface area contributed by atoms with E-state index in [9.17, 15) is 18.0 Å². The lowest BCUT2D eigenvalue weighted by Gasteiger charge is -2.12. The van der Waals surface area contributed by atoms with Crippen LogP contribution in [0.25, 0.3) is 0 Å². The minimum atomic E-state index is -4.50. The average molecular weight is 326 g/mol. The standard InChI is InChI=1S/C11H11BrF3NO2/c1-18-6-5-16-10(17)7-3-2-4-8(9(7)12)11(13,14)15/h2-4H,5-6H2,1H3,(H,16,17). The van der Waals surface area contributed by atoms with Crippen LogP contribution in [-0.4, -0.2) is 26.2 Å². The number of halogens is 4. The molecule has 0 radical (unpaired) electrons. The van der Waals surface area contributed by atoms with Crippen molar-refractivity contribution in [3.63, 3.8) is 0 Å². The zero-order valence-electron chi connectivity index (χ0n) is 9.47. The Bertz CT molecular complexity index is 435. The van der Waals surface area contributed by atoms with E-state index < -0.39 is 17.6 Å². The van der Waals surface area contributed by atoms with Gasteiger partial charge in [-0.3, -0.25) is 4.79 Å². The molecule has 1 N–H and O–H groups in total. The summed E-state index contributed by atoms with van der Waals surface area (Å²) in [7, 11) is 1.46. The van der Waals surface area contributed by atoms with Crippen LogP contribution < -0.4 is 5.32 Å². The molecule has 0 aromatic heterocycles. The molecule has 0 fully saturated rings. The van der Waals surface area contributed by atoms with Crippen LogP contribution >= 0.6 is 15.9 Å². The molecule has 0 atom stereocenters. The Kier molecular flexibility index (Phi) is 5.15. The molecule has 3 nitrogen and oxygen atoms in total. The van der Waals surface area contributed by atoms with Crippen molar-refractivity contribution in [3.8, 4) is 0 Å². The third kappa shape index (κ3) is 3.71. The molecule has 0 heterocycles. The molecular weight excluding hydrogens is 315 g/mol. The Hall–Kier alpha value is -1.08. The number of ether oxygens (including phenoxy) is 1. The molecule has 18 heavy (non-hydrogen) atoms. The summed E-state index contributed by atoms with van der Waals surface area (Å²) in [5.41, 5.74) is -0.928. The maximum atomic E-state index is 12.6. The normalized spacial score (nSPS) is 11.4. The summed E-state index contributed by atoms with van der Waals surface area (Å²) in [5.74, 6) is -0.579. The van der Waals surface area contributed by atoms with Gasteiger partial charge >= 0.3 is 6.18 Å². The van der Waals surface area contributed by atoms with Gasteiger partial charge in [0, 0.05) is 18.1 Å². The molecule has 1 aromatic carbocycles. The molecule has 100 valence electrons. The van der Waals surface area contributed by atoms with Crippen LogP contribution in [-0.2, 0) is 10.9 Å². The van der Waals surface area contributed by atoms with Crippen molar-refractivity contribution in [2.75, 3.05) is 20.3 Å². The van der Waals surface area contributed by atoms with E-state index in [2.05, 4.69) is 21.2 Å². The van der Waals surface area contributed by atoms with Gasteiger partial charge in [-0.1, -0.05) is 6.07 Å². The Morgan fingerprint density at radius 3 is 2.67 bits per heavy atom. The van der Waals surface area contributed by atoms with Crippen molar-refractivity contribution in [2.24, 2.45) is 0 Å². The second-order valence-corrected chi connectivity index (χ2v) is 4.21. The maximum Gasteiger partial charge on any atom is 0.417 e. The smallest absolute Gasteiger partial charge is 0.383 e. The number of benzene rings is 1. The number of amides is 1. The van der Waals surface area contributed by atoms with E-state index in [4.69, 9.17) is 4.74 Å². The number of hydrogen-bond acceptors (Lipinski definition) is 2. The van der Waals surface area contributed by atoms with Crippen LogP contribution in [0.3, 0.4) is 0 Å². The second-order valence-electron chi connectivity index (χ2n) is 3.41. The Labute approximate surface area is 110 Å². The molecule has 1 rings (SSSR count). The molecule has 0 unspecified atom stereocenters. The van der Waals surface area contributed by atoms with Crippen LogP contribution in [0.5, 0.6) is 0 Å². The third-order valence-electron chi connectivity index (χ3n) is 2.14. The van der Waals surface area contributed by atoms with Crippen LogP contribution in [0.15, 0.2) is 22.7 Å². The second kappa shape index (κ2) is 6.19. The molecular formula is C11H11BrF3NO2. The number of nitrogens with one attached hydrogen (secondary N) is 1. The van der Waals surface area contributed by atoms with Crippen molar-refractivity contribution in [1.82, 2.24) is 5.32 Å². The van der Waals surface area contributed by atoms with Crippen LogP contribution in [0.1, 0.15) is 15.9 Å². The zero-order valence-corrected chi connectivity index (χ0v) is 11.1. The van der Waals surface area contributed by atoms with Crippen LogP contribution in [0, 0.1) is 0 Å².